The number of hydrogen-bond donors (Lipinski definition) is 2. The van der Waals surface area contributed by atoms with Gasteiger partial charge in [0.1, 0.15) is 11.5 Å². The van der Waals surface area contributed by atoms with Gasteiger partial charge in [0.05, 0.1) is 25.8 Å². The van der Waals surface area contributed by atoms with E-state index in [9.17, 15) is 4.79 Å². The van der Waals surface area contributed by atoms with Crippen molar-refractivity contribution in [2.24, 2.45) is 0 Å². The highest BCUT2D eigenvalue weighted by Crippen LogP contribution is 2.15. The molecular weight excluding hydrogens is 322 g/mol. The third kappa shape index (κ3) is 5.07. The number of aryl methyl sites for hydroxylation is 1. The van der Waals surface area contributed by atoms with E-state index < -0.39 is 0 Å². The van der Waals surface area contributed by atoms with Crippen LogP contribution < -0.4 is 10.6 Å². The molecule has 8 nitrogen and oxygen atoms in total. The second-order valence-electron chi connectivity index (χ2n) is 6.19. The molecule has 2 N–H and O–H groups in total. The molecule has 0 saturated carbocycles. The van der Waals surface area contributed by atoms with Gasteiger partial charge in [-0.1, -0.05) is 0 Å². The van der Waals surface area contributed by atoms with Crippen LogP contribution in [0.15, 0.2) is 28.8 Å². The number of nitrogens with one attached hydrogen (secondary N) is 2. The van der Waals surface area contributed by atoms with Gasteiger partial charge in [-0.05, 0) is 26.0 Å². The molecule has 1 saturated heterocycles. The first-order valence-electron chi connectivity index (χ1n) is 8.57. The zero-order valence-corrected chi connectivity index (χ0v) is 14.7. The predicted molar refractivity (Wildman–Crippen MR) is 93.5 cm³/mol. The van der Waals surface area contributed by atoms with Gasteiger partial charge in [0, 0.05) is 31.9 Å². The van der Waals surface area contributed by atoms with Crippen LogP contribution in [0.3, 0.4) is 0 Å². The van der Waals surface area contributed by atoms with Crippen LogP contribution in [0.25, 0.3) is 0 Å². The van der Waals surface area contributed by atoms with E-state index in [1.54, 1.807) is 6.07 Å². The third-order valence-electron chi connectivity index (χ3n) is 4.17. The van der Waals surface area contributed by atoms with E-state index in [0.717, 1.165) is 50.9 Å². The topological polar surface area (TPSA) is 84.6 Å². The van der Waals surface area contributed by atoms with E-state index in [2.05, 4.69) is 20.6 Å². The smallest absolute Gasteiger partial charge is 0.321 e. The Morgan fingerprint density at radius 3 is 2.80 bits per heavy atom. The quantitative estimate of drug-likeness (QED) is 0.835. The molecule has 1 fully saturated rings. The number of morpholine rings is 1. The summed E-state index contributed by atoms with van der Waals surface area (Å²) in [6.45, 7) is 8.95. The molecule has 3 rings (SSSR count). The second-order valence-corrected chi connectivity index (χ2v) is 6.19. The number of carbonyl (C=O) groups excluding carboxylic acids is 1. The molecule has 2 amide bonds. The lowest BCUT2D eigenvalue weighted by Gasteiger charge is -2.26. The lowest BCUT2D eigenvalue weighted by atomic mass is 10.2. The molecule has 1 aliphatic rings. The largest absolute Gasteiger partial charge is 0.464 e. The number of anilines is 1. The van der Waals surface area contributed by atoms with E-state index >= 15 is 0 Å². The van der Waals surface area contributed by atoms with Crippen LogP contribution in [0.4, 0.5) is 10.6 Å². The maximum absolute atomic E-state index is 12.1. The molecule has 0 bridgehead atoms. The minimum absolute atomic E-state index is 0.211. The summed E-state index contributed by atoms with van der Waals surface area (Å²) in [5.41, 5.74) is 0. The molecule has 1 unspecified atom stereocenters. The highest BCUT2D eigenvalue weighted by Gasteiger charge is 2.14. The Morgan fingerprint density at radius 2 is 2.08 bits per heavy atom. The Morgan fingerprint density at radius 1 is 1.28 bits per heavy atom. The number of carbonyl (C=O) groups is 1. The van der Waals surface area contributed by atoms with Gasteiger partial charge in [-0.2, -0.15) is 5.10 Å². The summed E-state index contributed by atoms with van der Waals surface area (Å²) in [7, 11) is 0. The van der Waals surface area contributed by atoms with Gasteiger partial charge in [0.25, 0.3) is 0 Å². The number of aromatic nitrogens is 2. The first-order chi connectivity index (χ1) is 12.1. The van der Waals surface area contributed by atoms with Gasteiger partial charge < -0.3 is 14.5 Å². The minimum atomic E-state index is -0.306. The van der Waals surface area contributed by atoms with E-state index in [4.69, 9.17) is 9.15 Å². The summed E-state index contributed by atoms with van der Waals surface area (Å²) in [6.07, 6.45) is 1.87. The molecule has 136 valence electrons. The summed E-state index contributed by atoms with van der Waals surface area (Å²) >= 11 is 0. The zero-order valence-electron chi connectivity index (χ0n) is 14.7. The highest BCUT2D eigenvalue weighted by molar-refractivity contribution is 5.88. The van der Waals surface area contributed by atoms with Gasteiger partial charge in [-0.15, -0.1) is 0 Å². The Kier molecular flexibility index (Phi) is 5.72. The van der Waals surface area contributed by atoms with Crippen LogP contribution in [-0.4, -0.2) is 53.6 Å². The molecule has 2 aromatic heterocycles. The monoisotopic (exact) mass is 347 g/mol. The van der Waals surface area contributed by atoms with E-state index in [-0.39, 0.29) is 12.1 Å². The van der Waals surface area contributed by atoms with E-state index in [1.165, 1.54) is 0 Å². The average Bonchev–Trinajstić information content (AvgIpc) is 3.23. The van der Waals surface area contributed by atoms with Gasteiger partial charge >= 0.3 is 6.03 Å². The molecule has 0 radical (unpaired) electrons. The Hall–Kier alpha value is -2.32. The highest BCUT2D eigenvalue weighted by atomic mass is 16.5. The molecule has 3 heterocycles. The summed E-state index contributed by atoms with van der Waals surface area (Å²) < 4.78 is 12.7. The molecule has 1 aliphatic heterocycles. The second kappa shape index (κ2) is 8.17. The van der Waals surface area contributed by atoms with Crippen molar-refractivity contribution in [3.63, 3.8) is 0 Å². The molecule has 25 heavy (non-hydrogen) atoms. The van der Waals surface area contributed by atoms with E-state index in [1.807, 2.05) is 36.9 Å². The van der Waals surface area contributed by atoms with Gasteiger partial charge in [-0.3, -0.25) is 14.9 Å². The molecule has 0 aromatic carbocycles. The van der Waals surface area contributed by atoms with Gasteiger partial charge in [0.2, 0.25) is 0 Å². The number of ether oxygens (including phenoxy) is 1. The van der Waals surface area contributed by atoms with Crippen molar-refractivity contribution in [2.45, 2.75) is 26.4 Å². The van der Waals surface area contributed by atoms with Crippen LogP contribution in [0.2, 0.25) is 0 Å². The first kappa shape index (κ1) is 17.5. The number of amides is 2. The fourth-order valence-electron chi connectivity index (χ4n) is 2.73. The maximum atomic E-state index is 12.1. The van der Waals surface area contributed by atoms with Crippen molar-refractivity contribution in [1.29, 1.82) is 0 Å². The Bertz CT molecular complexity index is 690. The van der Waals surface area contributed by atoms with Gasteiger partial charge in [0.15, 0.2) is 5.82 Å². The SMILES string of the molecule is Cc1ccc(C(C)NC(=O)Nc2ccn(CCN3CCOCC3)n2)o1. The third-order valence-corrected chi connectivity index (χ3v) is 4.17. The van der Waals surface area contributed by atoms with Crippen molar-refractivity contribution < 1.29 is 13.9 Å². The molecular formula is C17H25N5O3. The zero-order chi connectivity index (χ0) is 17.6. The van der Waals surface area contributed by atoms with Crippen molar-refractivity contribution in [3.8, 4) is 0 Å². The average molecular weight is 347 g/mol. The first-order valence-corrected chi connectivity index (χ1v) is 8.57. The minimum Gasteiger partial charge on any atom is -0.464 e. The molecule has 8 heteroatoms. The van der Waals surface area contributed by atoms with Crippen LogP contribution in [0.1, 0.15) is 24.5 Å². The molecule has 1 atom stereocenters. The standard InChI is InChI=1S/C17H25N5O3/c1-13-3-4-15(25-13)14(2)18-17(23)19-16-5-6-22(20-16)8-7-21-9-11-24-12-10-21/h3-6,14H,7-12H2,1-2H3,(H2,18,19,20,23). The molecule has 0 aliphatic carbocycles. The number of hydrogen-bond acceptors (Lipinski definition) is 5. The molecule has 0 spiro atoms. The van der Waals surface area contributed by atoms with Crippen LogP contribution in [0.5, 0.6) is 0 Å². The lowest BCUT2D eigenvalue weighted by molar-refractivity contribution is 0.0360. The number of rotatable bonds is 6. The van der Waals surface area contributed by atoms with Crippen molar-refractivity contribution in [1.82, 2.24) is 20.0 Å². The van der Waals surface area contributed by atoms with E-state index in [0.29, 0.717) is 5.82 Å². The normalized spacial score (nSPS) is 16.6. The Labute approximate surface area is 147 Å². The van der Waals surface area contributed by atoms with Gasteiger partial charge in [-0.25, -0.2) is 4.79 Å². The number of furan rings is 1. The summed E-state index contributed by atoms with van der Waals surface area (Å²) in [4.78, 5) is 14.4. The number of nitrogens with zero attached hydrogens (tertiary/aromatic N) is 3. The number of urea groups is 1. The van der Waals surface area contributed by atoms with Crippen molar-refractivity contribution in [2.75, 3.05) is 38.2 Å². The fourth-order valence-corrected chi connectivity index (χ4v) is 2.73. The van der Waals surface area contributed by atoms with Crippen molar-refractivity contribution in [3.05, 3.63) is 35.9 Å². The van der Waals surface area contributed by atoms with Crippen LogP contribution in [-0.2, 0) is 11.3 Å². The molecule has 2 aromatic rings. The summed E-state index contributed by atoms with van der Waals surface area (Å²) in [5.74, 6) is 2.08. The Balaban J connectivity index is 1.44. The lowest BCUT2D eigenvalue weighted by Crippen LogP contribution is -2.38. The van der Waals surface area contributed by atoms with Crippen LogP contribution >= 0.6 is 0 Å². The maximum Gasteiger partial charge on any atom is 0.321 e. The summed E-state index contributed by atoms with van der Waals surface area (Å²) in [6, 6.07) is 5.01. The van der Waals surface area contributed by atoms with Crippen LogP contribution in [0, 0.1) is 6.92 Å². The van der Waals surface area contributed by atoms with Crippen molar-refractivity contribution >= 4 is 11.8 Å². The summed E-state index contributed by atoms with van der Waals surface area (Å²) in [5, 5.41) is 9.97. The predicted octanol–water partition coefficient (Wildman–Crippen LogP) is 2.00. The fraction of sp³-hybridized carbons (Fsp3) is 0.529.